The first-order valence-corrected chi connectivity index (χ1v) is 9.37. The highest BCUT2D eigenvalue weighted by molar-refractivity contribution is 5.93. The number of hydrogen-bond acceptors (Lipinski definition) is 6. The molecule has 8 nitrogen and oxygen atoms in total. The molecule has 0 saturated carbocycles. The molecule has 0 spiro atoms. The van der Waals surface area contributed by atoms with E-state index in [1.165, 1.54) is 25.3 Å². The van der Waals surface area contributed by atoms with Crippen LogP contribution >= 0.6 is 0 Å². The van der Waals surface area contributed by atoms with Crippen molar-refractivity contribution >= 4 is 17.6 Å². The Bertz CT molecular complexity index is 737. The van der Waals surface area contributed by atoms with Crippen molar-refractivity contribution in [3.8, 4) is 0 Å². The number of carbonyl (C=O) groups excluding carboxylic acids is 2. The number of nitrogens with one attached hydrogen (secondary N) is 1. The van der Waals surface area contributed by atoms with Gasteiger partial charge in [0.15, 0.2) is 5.76 Å². The number of hydrogen-bond donors (Lipinski definition) is 1. The fraction of sp³-hybridized carbons (Fsp3) is 0.474. The van der Waals surface area contributed by atoms with Gasteiger partial charge in [-0.2, -0.15) is 0 Å². The van der Waals surface area contributed by atoms with E-state index in [4.69, 9.17) is 4.42 Å². The lowest BCUT2D eigenvalue weighted by atomic mass is 10.2. The molecule has 144 valence electrons. The Kier molecular flexibility index (Phi) is 6.40. The minimum Gasteiger partial charge on any atom is -0.459 e. The van der Waals surface area contributed by atoms with Crippen molar-refractivity contribution in [3.63, 3.8) is 0 Å². The lowest BCUT2D eigenvalue weighted by molar-refractivity contribution is 0.0515. The molecule has 1 aliphatic heterocycles. The molecule has 8 heteroatoms. The average molecular weight is 371 g/mol. The lowest BCUT2D eigenvalue weighted by Crippen LogP contribution is -2.50. The van der Waals surface area contributed by atoms with Crippen LogP contribution in [0.1, 0.15) is 47.2 Å². The predicted molar refractivity (Wildman–Crippen MR) is 101 cm³/mol. The zero-order valence-corrected chi connectivity index (χ0v) is 15.6. The van der Waals surface area contributed by atoms with Crippen LogP contribution in [0.2, 0.25) is 0 Å². The highest BCUT2D eigenvalue weighted by Crippen LogP contribution is 2.12. The molecular formula is C19H25N5O3. The van der Waals surface area contributed by atoms with Crippen molar-refractivity contribution < 1.29 is 14.0 Å². The van der Waals surface area contributed by atoms with Gasteiger partial charge in [0, 0.05) is 32.7 Å². The van der Waals surface area contributed by atoms with Gasteiger partial charge in [0.1, 0.15) is 11.5 Å². The smallest absolute Gasteiger partial charge is 0.289 e. The maximum atomic E-state index is 12.6. The van der Waals surface area contributed by atoms with Crippen LogP contribution in [0.3, 0.4) is 0 Å². The van der Waals surface area contributed by atoms with Gasteiger partial charge in [-0.25, -0.2) is 9.97 Å². The molecule has 1 N–H and O–H groups in total. The van der Waals surface area contributed by atoms with Gasteiger partial charge in [0.05, 0.1) is 18.7 Å². The standard InChI is InChI=1S/C19H25N5O3/c1-2-3-4-7-20-17-14-21-15(13-22-17)18(25)23-8-10-24(11-9-23)19(26)16-6-5-12-27-16/h5-6,12-14H,2-4,7-11H2,1H3,(H,20,22). The average Bonchev–Trinajstić information content (AvgIpc) is 3.26. The molecule has 0 atom stereocenters. The molecule has 0 aromatic carbocycles. The van der Waals surface area contributed by atoms with E-state index in [1.54, 1.807) is 28.1 Å². The molecule has 1 aliphatic rings. The summed E-state index contributed by atoms with van der Waals surface area (Å²) in [6.07, 6.45) is 8.00. The molecule has 3 heterocycles. The minimum atomic E-state index is -0.162. The predicted octanol–water partition coefficient (Wildman–Crippen LogP) is 2.27. The second-order valence-corrected chi connectivity index (χ2v) is 6.48. The summed E-state index contributed by atoms with van der Waals surface area (Å²) in [5.41, 5.74) is 0.319. The molecular weight excluding hydrogens is 346 g/mol. The van der Waals surface area contributed by atoms with Crippen molar-refractivity contribution in [2.75, 3.05) is 38.0 Å². The Labute approximate surface area is 158 Å². The van der Waals surface area contributed by atoms with Gasteiger partial charge >= 0.3 is 0 Å². The van der Waals surface area contributed by atoms with Crippen molar-refractivity contribution in [1.29, 1.82) is 0 Å². The number of aromatic nitrogens is 2. The fourth-order valence-electron chi connectivity index (χ4n) is 2.95. The van der Waals surface area contributed by atoms with Gasteiger partial charge in [0.25, 0.3) is 11.8 Å². The SMILES string of the molecule is CCCCCNc1cnc(C(=O)N2CCN(C(=O)c3ccco3)CC2)cn1. The summed E-state index contributed by atoms with van der Waals surface area (Å²) in [5.74, 6) is 0.690. The van der Waals surface area contributed by atoms with Gasteiger partial charge in [-0.1, -0.05) is 19.8 Å². The summed E-state index contributed by atoms with van der Waals surface area (Å²) in [6, 6.07) is 3.33. The molecule has 1 saturated heterocycles. The third-order valence-corrected chi connectivity index (χ3v) is 4.54. The van der Waals surface area contributed by atoms with E-state index in [1.807, 2.05) is 0 Å². The van der Waals surface area contributed by atoms with E-state index in [2.05, 4.69) is 22.2 Å². The van der Waals surface area contributed by atoms with Crippen molar-refractivity contribution in [2.45, 2.75) is 26.2 Å². The number of amides is 2. The van der Waals surface area contributed by atoms with E-state index in [0.29, 0.717) is 43.5 Å². The van der Waals surface area contributed by atoms with Crippen LogP contribution in [0.5, 0.6) is 0 Å². The molecule has 27 heavy (non-hydrogen) atoms. The van der Waals surface area contributed by atoms with Gasteiger partial charge < -0.3 is 19.5 Å². The largest absolute Gasteiger partial charge is 0.459 e. The molecule has 0 unspecified atom stereocenters. The summed E-state index contributed by atoms with van der Waals surface area (Å²) < 4.78 is 5.15. The second-order valence-electron chi connectivity index (χ2n) is 6.48. The summed E-state index contributed by atoms with van der Waals surface area (Å²) in [7, 11) is 0. The van der Waals surface area contributed by atoms with Crippen LogP contribution in [0.15, 0.2) is 35.2 Å². The van der Waals surface area contributed by atoms with Gasteiger partial charge in [-0.05, 0) is 18.6 Å². The Balaban J connectivity index is 1.49. The number of furan rings is 1. The van der Waals surface area contributed by atoms with E-state index < -0.39 is 0 Å². The molecule has 1 fully saturated rings. The monoisotopic (exact) mass is 371 g/mol. The third-order valence-electron chi connectivity index (χ3n) is 4.54. The quantitative estimate of drug-likeness (QED) is 0.751. The topological polar surface area (TPSA) is 91.6 Å². The fourth-order valence-corrected chi connectivity index (χ4v) is 2.95. The number of nitrogens with zero attached hydrogens (tertiary/aromatic N) is 4. The van der Waals surface area contributed by atoms with Gasteiger partial charge in [-0.15, -0.1) is 0 Å². The highest BCUT2D eigenvalue weighted by Gasteiger charge is 2.27. The highest BCUT2D eigenvalue weighted by atomic mass is 16.3. The molecule has 2 amide bonds. The zero-order chi connectivity index (χ0) is 19.1. The van der Waals surface area contributed by atoms with Crippen LogP contribution in [-0.4, -0.2) is 64.3 Å². The number of rotatable bonds is 7. The molecule has 0 radical (unpaired) electrons. The summed E-state index contributed by atoms with van der Waals surface area (Å²) in [4.78, 5) is 36.8. The maximum absolute atomic E-state index is 12.6. The van der Waals surface area contributed by atoms with Crippen molar-refractivity contribution in [2.24, 2.45) is 0 Å². The van der Waals surface area contributed by atoms with Gasteiger partial charge in [-0.3, -0.25) is 9.59 Å². The van der Waals surface area contributed by atoms with Gasteiger partial charge in [0.2, 0.25) is 0 Å². The van der Waals surface area contributed by atoms with Crippen LogP contribution in [0.25, 0.3) is 0 Å². The van der Waals surface area contributed by atoms with Crippen LogP contribution in [0.4, 0.5) is 5.82 Å². The Morgan fingerprint density at radius 1 is 1.07 bits per heavy atom. The molecule has 0 bridgehead atoms. The minimum absolute atomic E-state index is 0.148. The first kappa shape index (κ1) is 18.9. The van der Waals surface area contributed by atoms with Crippen molar-refractivity contribution in [3.05, 3.63) is 42.2 Å². The molecule has 3 rings (SSSR count). The number of piperazine rings is 1. The first-order valence-electron chi connectivity index (χ1n) is 9.37. The van der Waals surface area contributed by atoms with E-state index >= 15 is 0 Å². The number of unbranched alkanes of at least 4 members (excludes halogenated alkanes) is 2. The Morgan fingerprint density at radius 3 is 2.41 bits per heavy atom. The summed E-state index contributed by atoms with van der Waals surface area (Å²) in [5, 5.41) is 3.21. The zero-order valence-electron chi connectivity index (χ0n) is 15.6. The van der Waals surface area contributed by atoms with Crippen LogP contribution in [0, 0.1) is 0 Å². The van der Waals surface area contributed by atoms with E-state index in [0.717, 1.165) is 13.0 Å². The van der Waals surface area contributed by atoms with Crippen LogP contribution in [-0.2, 0) is 0 Å². The Hall–Kier alpha value is -2.90. The second kappa shape index (κ2) is 9.16. The maximum Gasteiger partial charge on any atom is 0.289 e. The van der Waals surface area contributed by atoms with E-state index in [-0.39, 0.29) is 11.8 Å². The number of carbonyl (C=O) groups is 2. The van der Waals surface area contributed by atoms with Crippen LogP contribution < -0.4 is 5.32 Å². The van der Waals surface area contributed by atoms with Crippen molar-refractivity contribution in [1.82, 2.24) is 19.8 Å². The normalized spacial score (nSPS) is 14.3. The summed E-state index contributed by atoms with van der Waals surface area (Å²) >= 11 is 0. The number of anilines is 1. The molecule has 2 aromatic rings. The first-order chi connectivity index (χ1) is 13.2. The lowest BCUT2D eigenvalue weighted by Gasteiger charge is -2.34. The third kappa shape index (κ3) is 4.84. The summed E-state index contributed by atoms with van der Waals surface area (Å²) in [6.45, 7) is 4.87. The van der Waals surface area contributed by atoms with E-state index in [9.17, 15) is 9.59 Å². The molecule has 0 aliphatic carbocycles. The molecule has 2 aromatic heterocycles. The Morgan fingerprint density at radius 2 is 1.81 bits per heavy atom.